The van der Waals surface area contributed by atoms with Crippen LogP contribution in [0.4, 0.5) is 5.69 Å². The van der Waals surface area contributed by atoms with Crippen molar-refractivity contribution >= 4 is 17.0 Å². The van der Waals surface area contributed by atoms with Gasteiger partial charge in [0, 0.05) is 17.1 Å². The van der Waals surface area contributed by atoms with Crippen molar-refractivity contribution in [2.24, 2.45) is 0 Å². The van der Waals surface area contributed by atoms with Gasteiger partial charge in [-0.25, -0.2) is 0 Å². The van der Waals surface area contributed by atoms with Crippen molar-refractivity contribution in [3.63, 3.8) is 0 Å². The lowest BCUT2D eigenvalue weighted by atomic mass is 10.4. The molecule has 0 radical (unpaired) electrons. The van der Waals surface area contributed by atoms with Gasteiger partial charge in [-0.05, 0) is 17.5 Å². The topological polar surface area (TPSA) is 65.1 Å². The van der Waals surface area contributed by atoms with Gasteiger partial charge in [0.2, 0.25) is 0 Å². The van der Waals surface area contributed by atoms with Gasteiger partial charge < -0.3 is 4.57 Å². The second-order valence-corrected chi connectivity index (χ2v) is 4.20. The molecule has 2 aromatic rings. The third kappa shape index (κ3) is 2.01. The molecule has 0 bridgehead atoms. The van der Waals surface area contributed by atoms with Crippen LogP contribution in [0.1, 0.15) is 4.88 Å². The number of nitrogens with zero attached hydrogens (tertiary/aromatic N) is 2. The molecule has 0 fully saturated rings. The van der Waals surface area contributed by atoms with Crippen LogP contribution in [-0.4, -0.2) is 9.49 Å². The molecule has 6 heteroatoms. The fraction of sp³-hybridized carbons (Fsp3) is 0.100. The van der Waals surface area contributed by atoms with E-state index in [2.05, 4.69) is 0 Å². The molecule has 0 amide bonds. The van der Waals surface area contributed by atoms with Crippen molar-refractivity contribution in [2.75, 3.05) is 0 Å². The highest BCUT2D eigenvalue weighted by Crippen LogP contribution is 2.10. The molecule has 0 N–H and O–H groups in total. The molecular formula is C10H8N2O3S. The van der Waals surface area contributed by atoms with E-state index in [4.69, 9.17) is 0 Å². The molecule has 0 aromatic carbocycles. The standard InChI is InChI=1S/C10H8N2O3S/c13-10-9(12(14)15)4-1-5-11(10)7-8-3-2-6-16-8/h1-6H,7H2. The zero-order chi connectivity index (χ0) is 11.5. The summed E-state index contributed by atoms with van der Waals surface area (Å²) < 4.78 is 1.34. The molecule has 0 spiro atoms. The summed E-state index contributed by atoms with van der Waals surface area (Å²) in [6.07, 6.45) is 1.55. The second-order valence-electron chi connectivity index (χ2n) is 3.16. The lowest BCUT2D eigenvalue weighted by Gasteiger charge is -2.02. The van der Waals surface area contributed by atoms with Gasteiger partial charge in [0.25, 0.3) is 0 Å². The molecule has 0 saturated heterocycles. The maximum atomic E-state index is 11.7. The normalized spacial score (nSPS) is 10.2. The van der Waals surface area contributed by atoms with Gasteiger partial charge in [-0.3, -0.25) is 14.9 Å². The number of hydrogen-bond acceptors (Lipinski definition) is 4. The Morgan fingerprint density at radius 2 is 2.19 bits per heavy atom. The van der Waals surface area contributed by atoms with Crippen molar-refractivity contribution in [1.29, 1.82) is 0 Å². The van der Waals surface area contributed by atoms with Gasteiger partial charge in [-0.1, -0.05) is 6.07 Å². The first kappa shape index (κ1) is 10.6. The van der Waals surface area contributed by atoms with Crippen LogP contribution < -0.4 is 5.56 Å². The van der Waals surface area contributed by atoms with Crippen molar-refractivity contribution in [1.82, 2.24) is 4.57 Å². The van der Waals surface area contributed by atoms with Crippen molar-refractivity contribution in [3.8, 4) is 0 Å². The summed E-state index contributed by atoms with van der Waals surface area (Å²) in [6, 6.07) is 6.48. The van der Waals surface area contributed by atoms with Gasteiger partial charge in [-0.2, -0.15) is 0 Å². The smallest absolute Gasteiger partial charge is 0.304 e. The summed E-state index contributed by atoms with van der Waals surface area (Å²) >= 11 is 1.51. The Morgan fingerprint density at radius 3 is 2.81 bits per heavy atom. The second kappa shape index (κ2) is 4.28. The molecule has 2 heterocycles. The molecular weight excluding hydrogens is 228 g/mol. The molecule has 0 saturated carbocycles. The predicted octanol–water partition coefficient (Wildman–Crippen LogP) is 1.87. The number of rotatable bonds is 3. The van der Waals surface area contributed by atoms with Crippen LogP contribution in [0.25, 0.3) is 0 Å². The quantitative estimate of drug-likeness (QED) is 0.603. The Balaban J connectivity index is 2.39. The Bertz CT molecular complexity index is 560. The Labute approximate surface area is 94.7 Å². The molecule has 2 aromatic heterocycles. The third-order valence-electron chi connectivity index (χ3n) is 2.10. The molecule has 16 heavy (non-hydrogen) atoms. The lowest BCUT2D eigenvalue weighted by molar-refractivity contribution is -0.386. The van der Waals surface area contributed by atoms with Crippen LogP contribution in [0.5, 0.6) is 0 Å². The average molecular weight is 236 g/mol. The number of thiophene rings is 1. The van der Waals surface area contributed by atoms with Gasteiger partial charge in [0.15, 0.2) is 0 Å². The van der Waals surface area contributed by atoms with E-state index in [1.54, 1.807) is 6.20 Å². The molecule has 0 aliphatic rings. The minimum absolute atomic E-state index is 0.373. The highest BCUT2D eigenvalue weighted by Gasteiger charge is 2.13. The van der Waals surface area contributed by atoms with Crippen LogP contribution in [0.15, 0.2) is 40.6 Å². The van der Waals surface area contributed by atoms with Crippen LogP contribution in [-0.2, 0) is 6.54 Å². The first-order valence-electron chi connectivity index (χ1n) is 4.54. The number of pyridine rings is 1. The minimum Gasteiger partial charge on any atom is -0.304 e. The summed E-state index contributed by atoms with van der Waals surface area (Å²) in [5.41, 5.74) is -0.958. The number of nitro groups is 1. The monoisotopic (exact) mass is 236 g/mol. The fourth-order valence-electron chi connectivity index (χ4n) is 1.36. The molecule has 5 nitrogen and oxygen atoms in total. The summed E-state index contributed by atoms with van der Waals surface area (Å²) in [4.78, 5) is 22.6. The van der Waals surface area contributed by atoms with Gasteiger partial charge in [-0.15, -0.1) is 11.3 Å². The largest absolute Gasteiger partial charge is 0.334 e. The lowest BCUT2D eigenvalue weighted by Crippen LogP contribution is -2.21. The summed E-state index contributed by atoms with van der Waals surface area (Å²) in [7, 11) is 0. The summed E-state index contributed by atoms with van der Waals surface area (Å²) in [5, 5.41) is 12.5. The average Bonchev–Trinajstić information content (AvgIpc) is 2.73. The van der Waals surface area contributed by atoms with E-state index >= 15 is 0 Å². The molecule has 0 unspecified atom stereocenters. The number of hydrogen-bond donors (Lipinski definition) is 0. The Kier molecular flexibility index (Phi) is 2.82. The van der Waals surface area contributed by atoms with E-state index in [1.165, 1.54) is 28.0 Å². The maximum Gasteiger partial charge on any atom is 0.334 e. The van der Waals surface area contributed by atoms with Gasteiger partial charge in [0.05, 0.1) is 11.5 Å². The molecule has 82 valence electrons. The van der Waals surface area contributed by atoms with E-state index in [9.17, 15) is 14.9 Å². The van der Waals surface area contributed by atoms with E-state index < -0.39 is 10.5 Å². The Morgan fingerprint density at radius 1 is 1.38 bits per heavy atom. The highest BCUT2D eigenvalue weighted by atomic mass is 32.1. The summed E-state index contributed by atoms with van der Waals surface area (Å²) in [6.45, 7) is 0.373. The molecule has 0 aliphatic heterocycles. The van der Waals surface area contributed by atoms with Gasteiger partial charge in [0.1, 0.15) is 0 Å². The first-order valence-corrected chi connectivity index (χ1v) is 5.42. The maximum absolute atomic E-state index is 11.7. The first-order chi connectivity index (χ1) is 7.68. The highest BCUT2D eigenvalue weighted by molar-refractivity contribution is 7.09. The molecule has 0 atom stereocenters. The third-order valence-corrected chi connectivity index (χ3v) is 2.96. The minimum atomic E-state index is -0.659. The van der Waals surface area contributed by atoms with Crippen LogP contribution in [0.2, 0.25) is 0 Å². The van der Waals surface area contributed by atoms with E-state index in [0.717, 1.165) is 4.88 Å². The molecule has 2 rings (SSSR count). The summed E-state index contributed by atoms with van der Waals surface area (Å²) in [5.74, 6) is 0. The molecule has 0 aliphatic carbocycles. The van der Waals surface area contributed by atoms with Crippen LogP contribution in [0.3, 0.4) is 0 Å². The van der Waals surface area contributed by atoms with Crippen LogP contribution in [0, 0.1) is 10.1 Å². The zero-order valence-corrected chi connectivity index (χ0v) is 9.02. The van der Waals surface area contributed by atoms with Gasteiger partial charge >= 0.3 is 11.2 Å². The van der Waals surface area contributed by atoms with E-state index in [0.29, 0.717) is 6.54 Å². The fourth-order valence-corrected chi connectivity index (χ4v) is 2.06. The predicted molar refractivity (Wildman–Crippen MR) is 60.8 cm³/mol. The van der Waals surface area contributed by atoms with Crippen molar-refractivity contribution in [2.45, 2.75) is 6.54 Å². The zero-order valence-electron chi connectivity index (χ0n) is 8.20. The number of aromatic nitrogens is 1. The van der Waals surface area contributed by atoms with Crippen LogP contribution >= 0.6 is 11.3 Å². The van der Waals surface area contributed by atoms with Crippen molar-refractivity contribution in [3.05, 3.63) is 61.2 Å². The Hall–Kier alpha value is -1.95. The van der Waals surface area contributed by atoms with Crippen molar-refractivity contribution < 1.29 is 4.92 Å². The van der Waals surface area contributed by atoms with E-state index in [1.807, 2.05) is 17.5 Å². The van der Waals surface area contributed by atoms with E-state index in [-0.39, 0.29) is 5.69 Å². The SMILES string of the molecule is O=c1c([N+](=O)[O-])cccn1Cc1cccs1.